The Balaban J connectivity index is 1.75. The number of sulfone groups is 1. The van der Waals surface area contributed by atoms with E-state index < -0.39 is 21.8 Å². The Bertz CT molecular complexity index is 1020. The molecule has 134 valence electrons. The van der Waals surface area contributed by atoms with Crippen molar-refractivity contribution in [3.8, 4) is 17.4 Å². The number of hydrogen-bond donors (Lipinski definition) is 1. The molecule has 26 heavy (non-hydrogen) atoms. The van der Waals surface area contributed by atoms with E-state index in [0.29, 0.717) is 23.0 Å². The lowest BCUT2D eigenvalue weighted by Crippen LogP contribution is -2.36. The average molecular weight is 391 g/mol. The first-order valence-corrected chi connectivity index (χ1v) is 10.0. The van der Waals surface area contributed by atoms with Gasteiger partial charge in [-0.25, -0.2) is 8.42 Å². The Morgan fingerprint density at radius 2 is 2.15 bits per heavy atom. The van der Waals surface area contributed by atoms with Crippen LogP contribution in [0.2, 0.25) is 5.02 Å². The molecule has 2 heterocycles. The first-order chi connectivity index (χ1) is 12.4. The maximum Gasteiger partial charge on any atom is 0.262 e. The van der Waals surface area contributed by atoms with Gasteiger partial charge in [0.05, 0.1) is 11.5 Å². The fourth-order valence-electron chi connectivity index (χ4n) is 2.69. The molecule has 6 nitrogen and oxygen atoms in total. The van der Waals surface area contributed by atoms with Gasteiger partial charge < -0.3 is 9.73 Å². The van der Waals surface area contributed by atoms with E-state index in [9.17, 15) is 18.5 Å². The smallest absolute Gasteiger partial charge is 0.262 e. The monoisotopic (exact) mass is 390 g/mol. The first kappa shape index (κ1) is 18.2. The second kappa shape index (κ2) is 7.36. The van der Waals surface area contributed by atoms with E-state index in [-0.39, 0.29) is 17.1 Å². The molecule has 1 atom stereocenters. The van der Waals surface area contributed by atoms with Crippen LogP contribution in [-0.2, 0) is 14.6 Å². The van der Waals surface area contributed by atoms with Crippen molar-refractivity contribution in [3.05, 3.63) is 52.8 Å². The molecule has 1 saturated heterocycles. The van der Waals surface area contributed by atoms with Crippen LogP contribution in [0, 0.1) is 11.3 Å². The van der Waals surface area contributed by atoms with E-state index in [2.05, 4.69) is 5.32 Å². The van der Waals surface area contributed by atoms with Gasteiger partial charge in [-0.3, -0.25) is 4.79 Å². The summed E-state index contributed by atoms with van der Waals surface area (Å²) >= 11 is 5.96. The summed E-state index contributed by atoms with van der Waals surface area (Å²) in [5.74, 6) is 0.223. The van der Waals surface area contributed by atoms with Gasteiger partial charge in [0.1, 0.15) is 23.2 Å². The minimum atomic E-state index is -3.11. The molecule has 1 aromatic carbocycles. The number of carbonyl (C=O) groups is 1. The highest BCUT2D eigenvalue weighted by Crippen LogP contribution is 2.25. The Morgan fingerprint density at radius 3 is 2.81 bits per heavy atom. The molecule has 0 spiro atoms. The zero-order chi connectivity index (χ0) is 18.7. The summed E-state index contributed by atoms with van der Waals surface area (Å²) in [7, 11) is -3.11. The highest BCUT2D eigenvalue weighted by molar-refractivity contribution is 7.91. The number of benzene rings is 1. The second-order valence-corrected chi connectivity index (χ2v) is 8.62. The van der Waals surface area contributed by atoms with Crippen LogP contribution in [0.15, 0.2) is 46.4 Å². The predicted octanol–water partition coefficient (Wildman–Crippen LogP) is 2.81. The average Bonchev–Trinajstić information content (AvgIpc) is 3.18. The number of nitriles is 1. The molecule has 3 rings (SSSR count). The molecule has 1 aromatic heterocycles. The fourth-order valence-corrected chi connectivity index (χ4v) is 4.55. The third kappa shape index (κ3) is 4.34. The maximum absolute atomic E-state index is 12.2. The fraction of sp³-hybridized carbons (Fsp3) is 0.222. The lowest BCUT2D eigenvalue weighted by molar-refractivity contribution is -0.117. The third-order valence-corrected chi connectivity index (χ3v) is 5.96. The van der Waals surface area contributed by atoms with Gasteiger partial charge in [-0.1, -0.05) is 23.7 Å². The predicted molar refractivity (Wildman–Crippen MR) is 97.9 cm³/mol. The van der Waals surface area contributed by atoms with Gasteiger partial charge >= 0.3 is 0 Å². The molecular weight excluding hydrogens is 376 g/mol. The lowest BCUT2D eigenvalue weighted by Gasteiger charge is -2.09. The molecule has 8 heteroatoms. The number of nitrogens with zero attached hydrogens (tertiary/aromatic N) is 1. The molecule has 0 aliphatic carbocycles. The molecule has 1 N–H and O–H groups in total. The van der Waals surface area contributed by atoms with Crippen molar-refractivity contribution in [1.82, 2.24) is 5.32 Å². The van der Waals surface area contributed by atoms with Crippen LogP contribution in [0.5, 0.6) is 0 Å². The third-order valence-electron chi connectivity index (χ3n) is 3.96. The SMILES string of the molecule is N#C/C(=C\c1ccc(-c2cccc(Cl)c2)o1)C(=O)NC1CCS(=O)(=O)C1. The van der Waals surface area contributed by atoms with Crippen LogP contribution in [0.25, 0.3) is 17.4 Å². The van der Waals surface area contributed by atoms with Crippen molar-refractivity contribution in [2.45, 2.75) is 12.5 Å². The van der Waals surface area contributed by atoms with Crippen molar-refractivity contribution in [2.24, 2.45) is 0 Å². The topological polar surface area (TPSA) is 100 Å². The van der Waals surface area contributed by atoms with E-state index in [1.54, 1.807) is 30.3 Å². The first-order valence-electron chi connectivity index (χ1n) is 7.85. The molecule has 1 amide bonds. The normalized spacial score (nSPS) is 19.1. The Morgan fingerprint density at radius 1 is 1.35 bits per heavy atom. The second-order valence-electron chi connectivity index (χ2n) is 5.96. The summed E-state index contributed by atoms with van der Waals surface area (Å²) in [6, 6.07) is 11.8. The highest BCUT2D eigenvalue weighted by Gasteiger charge is 2.29. The van der Waals surface area contributed by atoms with E-state index in [1.807, 2.05) is 12.1 Å². The highest BCUT2D eigenvalue weighted by atomic mass is 35.5. The van der Waals surface area contributed by atoms with Crippen LogP contribution in [0.4, 0.5) is 0 Å². The molecule has 1 fully saturated rings. The minimum absolute atomic E-state index is 0.0464. The van der Waals surface area contributed by atoms with Crippen LogP contribution in [0.3, 0.4) is 0 Å². The number of amides is 1. The molecule has 2 aromatic rings. The summed E-state index contributed by atoms with van der Waals surface area (Å²) < 4.78 is 28.6. The number of hydrogen-bond acceptors (Lipinski definition) is 5. The molecule has 0 radical (unpaired) electrons. The van der Waals surface area contributed by atoms with E-state index in [4.69, 9.17) is 16.0 Å². The maximum atomic E-state index is 12.2. The lowest BCUT2D eigenvalue weighted by atomic mass is 10.2. The number of carbonyl (C=O) groups excluding carboxylic acids is 1. The molecule has 1 unspecified atom stereocenters. The van der Waals surface area contributed by atoms with Crippen molar-refractivity contribution >= 4 is 33.4 Å². The molecule has 0 saturated carbocycles. The molecule has 0 bridgehead atoms. The van der Waals surface area contributed by atoms with Crippen LogP contribution < -0.4 is 5.32 Å². The van der Waals surface area contributed by atoms with Gasteiger partial charge in [0, 0.05) is 22.7 Å². The molecule has 1 aliphatic heterocycles. The van der Waals surface area contributed by atoms with Crippen molar-refractivity contribution in [2.75, 3.05) is 11.5 Å². The summed E-state index contributed by atoms with van der Waals surface area (Å²) in [6.07, 6.45) is 1.68. The number of nitrogens with one attached hydrogen (secondary N) is 1. The Labute approximate surface area is 156 Å². The van der Waals surface area contributed by atoms with E-state index >= 15 is 0 Å². The molecule has 1 aliphatic rings. The van der Waals surface area contributed by atoms with Gasteiger partial charge in [-0.2, -0.15) is 5.26 Å². The van der Waals surface area contributed by atoms with Crippen LogP contribution >= 0.6 is 11.6 Å². The van der Waals surface area contributed by atoms with Gasteiger partial charge in [-0.15, -0.1) is 0 Å². The van der Waals surface area contributed by atoms with Gasteiger partial charge in [0.15, 0.2) is 9.84 Å². The Kier molecular flexibility index (Phi) is 5.16. The Hall–Kier alpha value is -2.56. The standard InChI is InChI=1S/C18H15ClN2O4S/c19-14-3-1-2-12(8-14)17-5-4-16(25-17)9-13(10-20)18(22)21-15-6-7-26(23,24)11-15/h1-5,8-9,15H,6-7,11H2,(H,21,22)/b13-9+. The molecular formula is C18H15ClN2O4S. The summed E-state index contributed by atoms with van der Waals surface area (Å²) in [5.41, 5.74) is 0.623. The minimum Gasteiger partial charge on any atom is -0.457 e. The number of rotatable bonds is 4. The largest absolute Gasteiger partial charge is 0.457 e. The van der Waals surface area contributed by atoms with Crippen molar-refractivity contribution in [3.63, 3.8) is 0 Å². The quantitative estimate of drug-likeness (QED) is 0.639. The van der Waals surface area contributed by atoms with Crippen LogP contribution in [-0.4, -0.2) is 31.9 Å². The van der Waals surface area contributed by atoms with Gasteiger partial charge in [0.2, 0.25) is 0 Å². The summed E-state index contributed by atoms with van der Waals surface area (Å²) in [6.45, 7) is 0. The van der Waals surface area contributed by atoms with Gasteiger partial charge in [-0.05, 0) is 30.7 Å². The summed E-state index contributed by atoms with van der Waals surface area (Å²) in [5, 5.41) is 12.4. The number of halogens is 1. The zero-order valence-corrected chi connectivity index (χ0v) is 15.2. The van der Waals surface area contributed by atoms with Crippen molar-refractivity contribution < 1.29 is 17.6 Å². The summed E-state index contributed by atoms with van der Waals surface area (Å²) in [4.78, 5) is 12.2. The zero-order valence-electron chi connectivity index (χ0n) is 13.6. The van der Waals surface area contributed by atoms with E-state index in [0.717, 1.165) is 5.56 Å². The van der Waals surface area contributed by atoms with Gasteiger partial charge in [0.25, 0.3) is 5.91 Å². The van der Waals surface area contributed by atoms with Crippen molar-refractivity contribution in [1.29, 1.82) is 5.26 Å². The number of furan rings is 1. The van der Waals surface area contributed by atoms with Crippen LogP contribution in [0.1, 0.15) is 12.2 Å². The van der Waals surface area contributed by atoms with E-state index in [1.165, 1.54) is 6.08 Å².